The van der Waals surface area contributed by atoms with Crippen molar-refractivity contribution in [3.05, 3.63) is 34.6 Å². The zero-order chi connectivity index (χ0) is 13.0. The second-order valence-electron chi connectivity index (χ2n) is 4.27. The zero-order valence-electron chi connectivity index (χ0n) is 10.3. The van der Waals surface area contributed by atoms with E-state index in [2.05, 4.69) is 0 Å². The highest BCUT2D eigenvalue weighted by atomic mass is 35.5. The van der Waals surface area contributed by atoms with Gasteiger partial charge in [0.05, 0.1) is 6.10 Å². The Kier molecular flexibility index (Phi) is 5.37. The van der Waals surface area contributed by atoms with Crippen LogP contribution in [0.3, 0.4) is 0 Å². The molecule has 1 rings (SSSR count). The summed E-state index contributed by atoms with van der Waals surface area (Å²) in [5.41, 5.74) is 0.374. The SMILES string of the molecule is CCOC(C(C)C)C(O)c1cc(F)ccc1Cl. The van der Waals surface area contributed by atoms with Crippen LogP contribution >= 0.6 is 11.6 Å². The summed E-state index contributed by atoms with van der Waals surface area (Å²) in [4.78, 5) is 0. The van der Waals surface area contributed by atoms with E-state index in [1.807, 2.05) is 20.8 Å². The molecule has 1 N–H and O–H groups in total. The minimum Gasteiger partial charge on any atom is -0.386 e. The molecule has 17 heavy (non-hydrogen) atoms. The van der Waals surface area contributed by atoms with Gasteiger partial charge >= 0.3 is 0 Å². The lowest BCUT2D eigenvalue weighted by Crippen LogP contribution is -2.28. The number of aliphatic hydroxyl groups excluding tert-OH is 1. The highest BCUT2D eigenvalue weighted by molar-refractivity contribution is 6.31. The van der Waals surface area contributed by atoms with E-state index in [0.29, 0.717) is 17.2 Å². The van der Waals surface area contributed by atoms with Crippen LogP contribution in [0.25, 0.3) is 0 Å². The molecule has 0 radical (unpaired) electrons. The Morgan fingerprint density at radius 3 is 2.59 bits per heavy atom. The lowest BCUT2D eigenvalue weighted by molar-refractivity contribution is -0.0586. The number of hydrogen-bond acceptors (Lipinski definition) is 2. The lowest BCUT2D eigenvalue weighted by atomic mass is 9.96. The van der Waals surface area contributed by atoms with Crippen molar-refractivity contribution in [2.24, 2.45) is 5.92 Å². The minimum atomic E-state index is -0.918. The summed E-state index contributed by atoms with van der Waals surface area (Å²) in [5.74, 6) is -0.299. The van der Waals surface area contributed by atoms with Crippen LogP contribution in [0.4, 0.5) is 4.39 Å². The Bertz CT molecular complexity index is 368. The van der Waals surface area contributed by atoms with Crippen molar-refractivity contribution in [3.63, 3.8) is 0 Å². The second-order valence-corrected chi connectivity index (χ2v) is 4.68. The molecule has 0 fully saturated rings. The fourth-order valence-electron chi connectivity index (χ4n) is 1.76. The molecule has 2 unspecified atom stereocenters. The van der Waals surface area contributed by atoms with E-state index < -0.39 is 11.9 Å². The monoisotopic (exact) mass is 260 g/mol. The van der Waals surface area contributed by atoms with E-state index in [-0.39, 0.29) is 12.0 Å². The maximum absolute atomic E-state index is 13.1. The van der Waals surface area contributed by atoms with Crippen molar-refractivity contribution in [1.29, 1.82) is 0 Å². The molecule has 0 bridgehead atoms. The van der Waals surface area contributed by atoms with Gasteiger partial charge in [0, 0.05) is 17.2 Å². The van der Waals surface area contributed by atoms with Gasteiger partial charge in [-0.25, -0.2) is 4.39 Å². The summed E-state index contributed by atoms with van der Waals surface area (Å²) in [6.45, 7) is 6.23. The summed E-state index contributed by atoms with van der Waals surface area (Å²) in [6.07, 6.45) is -1.31. The fraction of sp³-hybridized carbons (Fsp3) is 0.538. The van der Waals surface area contributed by atoms with Crippen molar-refractivity contribution in [1.82, 2.24) is 0 Å². The largest absolute Gasteiger partial charge is 0.386 e. The molecule has 0 saturated heterocycles. The molecule has 0 saturated carbocycles. The van der Waals surface area contributed by atoms with Crippen LogP contribution in [0.1, 0.15) is 32.4 Å². The summed E-state index contributed by atoms with van der Waals surface area (Å²) >= 11 is 5.96. The smallest absolute Gasteiger partial charge is 0.123 e. The molecule has 4 heteroatoms. The first-order chi connectivity index (χ1) is 7.97. The topological polar surface area (TPSA) is 29.5 Å². The van der Waals surface area contributed by atoms with Gasteiger partial charge in [-0.05, 0) is 31.0 Å². The Labute approximate surface area is 106 Å². The molecular formula is C13H18ClFO2. The van der Waals surface area contributed by atoms with E-state index >= 15 is 0 Å². The van der Waals surface area contributed by atoms with Crippen molar-refractivity contribution in [2.75, 3.05) is 6.61 Å². The van der Waals surface area contributed by atoms with Crippen LogP contribution in [-0.2, 0) is 4.74 Å². The first-order valence-corrected chi connectivity index (χ1v) is 6.09. The van der Waals surface area contributed by atoms with Crippen molar-refractivity contribution in [3.8, 4) is 0 Å². The van der Waals surface area contributed by atoms with E-state index in [1.165, 1.54) is 18.2 Å². The average Bonchev–Trinajstić information content (AvgIpc) is 2.28. The molecule has 0 aromatic heterocycles. The van der Waals surface area contributed by atoms with Gasteiger partial charge in [0.15, 0.2) is 0 Å². The molecule has 2 atom stereocenters. The summed E-state index contributed by atoms with van der Waals surface area (Å²) in [6, 6.07) is 3.96. The standard InChI is InChI=1S/C13H18ClFO2/c1-4-17-13(8(2)3)12(16)10-7-9(15)5-6-11(10)14/h5-8,12-13,16H,4H2,1-3H3. The van der Waals surface area contributed by atoms with E-state index in [4.69, 9.17) is 16.3 Å². The molecule has 1 aromatic rings. The third-order valence-corrected chi connectivity index (χ3v) is 2.95. The van der Waals surface area contributed by atoms with Gasteiger partial charge in [-0.3, -0.25) is 0 Å². The number of aliphatic hydroxyl groups is 1. The van der Waals surface area contributed by atoms with Gasteiger partial charge in [-0.2, -0.15) is 0 Å². The first-order valence-electron chi connectivity index (χ1n) is 5.72. The molecule has 96 valence electrons. The Morgan fingerprint density at radius 1 is 1.41 bits per heavy atom. The summed E-state index contributed by atoms with van der Waals surface area (Å²) < 4.78 is 18.6. The predicted octanol–water partition coefficient (Wildman–Crippen LogP) is 3.57. The summed E-state index contributed by atoms with van der Waals surface area (Å²) in [5, 5.41) is 10.6. The number of benzene rings is 1. The predicted molar refractivity (Wildman–Crippen MR) is 66.6 cm³/mol. The molecule has 0 aliphatic carbocycles. The Morgan fingerprint density at radius 2 is 2.06 bits per heavy atom. The van der Waals surface area contributed by atoms with Crippen molar-refractivity contribution >= 4 is 11.6 Å². The number of hydrogen-bond donors (Lipinski definition) is 1. The van der Waals surface area contributed by atoms with E-state index in [9.17, 15) is 9.50 Å². The van der Waals surface area contributed by atoms with Gasteiger partial charge in [0.25, 0.3) is 0 Å². The number of rotatable bonds is 5. The zero-order valence-corrected chi connectivity index (χ0v) is 11.0. The van der Waals surface area contributed by atoms with Crippen molar-refractivity contribution < 1.29 is 14.2 Å². The third-order valence-electron chi connectivity index (χ3n) is 2.60. The van der Waals surface area contributed by atoms with Crippen LogP contribution in [-0.4, -0.2) is 17.8 Å². The highest BCUT2D eigenvalue weighted by Crippen LogP contribution is 2.30. The van der Waals surface area contributed by atoms with Crippen LogP contribution in [0.15, 0.2) is 18.2 Å². The fourth-order valence-corrected chi connectivity index (χ4v) is 1.99. The van der Waals surface area contributed by atoms with Gasteiger partial charge in [0.1, 0.15) is 11.9 Å². The average molecular weight is 261 g/mol. The molecule has 0 aliphatic rings. The second kappa shape index (κ2) is 6.34. The van der Waals surface area contributed by atoms with Gasteiger partial charge in [-0.1, -0.05) is 25.4 Å². The normalized spacial score (nSPS) is 15.0. The molecule has 0 heterocycles. The minimum absolute atomic E-state index is 0.115. The van der Waals surface area contributed by atoms with Gasteiger partial charge < -0.3 is 9.84 Å². The molecule has 2 nitrogen and oxygen atoms in total. The molecular weight excluding hydrogens is 243 g/mol. The quantitative estimate of drug-likeness (QED) is 0.877. The van der Waals surface area contributed by atoms with E-state index in [0.717, 1.165) is 0 Å². The third kappa shape index (κ3) is 3.66. The van der Waals surface area contributed by atoms with Crippen LogP contribution in [0, 0.1) is 11.7 Å². The van der Waals surface area contributed by atoms with Crippen LogP contribution in [0.5, 0.6) is 0 Å². The van der Waals surface area contributed by atoms with Crippen molar-refractivity contribution in [2.45, 2.75) is 33.0 Å². The lowest BCUT2D eigenvalue weighted by Gasteiger charge is -2.27. The maximum atomic E-state index is 13.1. The summed E-state index contributed by atoms with van der Waals surface area (Å²) in [7, 11) is 0. The number of halogens is 2. The highest BCUT2D eigenvalue weighted by Gasteiger charge is 2.26. The Balaban J connectivity index is 2.99. The maximum Gasteiger partial charge on any atom is 0.123 e. The Hall–Kier alpha value is -0.640. The molecule has 0 spiro atoms. The first kappa shape index (κ1) is 14.4. The van der Waals surface area contributed by atoms with E-state index in [1.54, 1.807) is 0 Å². The molecule has 1 aromatic carbocycles. The van der Waals surface area contributed by atoms with Gasteiger partial charge in [-0.15, -0.1) is 0 Å². The number of ether oxygens (including phenoxy) is 1. The van der Waals surface area contributed by atoms with Gasteiger partial charge in [0.2, 0.25) is 0 Å². The molecule has 0 amide bonds. The van der Waals surface area contributed by atoms with Crippen LogP contribution < -0.4 is 0 Å². The molecule has 0 aliphatic heterocycles. The van der Waals surface area contributed by atoms with Crippen LogP contribution in [0.2, 0.25) is 5.02 Å².